The van der Waals surface area contributed by atoms with Crippen molar-refractivity contribution < 1.29 is 69.6 Å². The normalized spacial score (nSPS) is 23.2. The van der Waals surface area contributed by atoms with Crippen LogP contribution >= 0.6 is 0 Å². The molecule has 1 fully saturated rings. The van der Waals surface area contributed by atoms with Crippen LogP contribution in [-0.4, -0.2) is 67.8 Å². The molecule has 0 N–H and O–H groups in total. The average molecular weight is 542 g/mol. The Bertz CT molecular complexity index is 1020. The molecule has 0 unspecified atom stereocenters. The van der Waals surface area contributed by atoms with E-state index in [1.165, 1.54) is 0 Å². The molecule has 0 bridgehead atoms. The Morgan fingerprint density at radius 2 is 1.14 bits per heavy atom. The van der Waals surface area contributed by atoms with Crippen LogP contribution in [0.15, 0.2) is 0 Å². The number of esters is 4. The van der Waals surface area contributed by atoms with Gasteiger partial charge in [0.05, 0.1) is 6.61 Å². The quantitative estimate of drug-likeness (QED) is 0.151. The molecule has 0 aromatic heterocycles. The molecule has 1 heterocycles. The van der Waals surface area contributed by atoms with E-state index >= 15 is 0 Å². The zero-order valence-corrected chi connectivity index (χ0v) is 20.0. The van der Waals surface area contributed by atoms with E-state index < -0.39 is 109 Å². The molecule has 0 aliphatic carbocycles. The topological polar surface area (TPSA) is 124 Å². The van der Waals surface area contributed by atoms with Crippen molar-refractivity contribution in [2.45, 2.75) is 64.8 Å². The van der Waals surface area contributed by atoms with Crippen LogP contribution in [-0.2, 0) is 54.0 Å². The predicted molar refractivity (Wildman–Crippen MR) is 108 cm³/mol. The van der Waals surface area contributed by atoms with Crippen molar-refractivity contribution >= 4 is 23.9 Å². The van der Waals surface area contributed by atoms with E-state index in [2.05, 4.69) is 0 Å². The highest BCUT2D eigenvalue weighted by Gasteiger charge is 2.52. The monoisotopic (exact) mass is 542 g/mol. The third kappa shape index (κ3) is 7.58. The van der Waals surface area contributed by atoms with Crippen LogP contribution in [0.1, 0.15) is 33.3 Å². The van der Waals surface area contributed by atoms with Crippen molar-refractivity contribution in [3.8, 4) is 0 Å². The van der Waals surface area contributed by atoms with Gasteiger partial charge in [-0.3, -0.25) is 19.2 Å². The number of hydrogen-bond acceptors (Lipinski definition) is 10. The minimum absolute atomic E-state index is 0.560. The third-order valence-corrected chi connectivity index (χ3v) is 4.88. The van der Waals surface area contributed by atoms with E-state index in [4.69, 9.17) is 28.4 Å². The maximum Gasteiger partial charge on any atom is 0.303 e. The molecule has 1 aliphatic rings. The van der Waals surface area contributed by atoms with Crippen LogP contribution in [0.3, 0.4) is 0 Å². The fourth-order valence-corrected chi connectivity index (χ4v) is 3.47. The first-order chi connectivity index (χ1) is 17.2. The van der Waals surface area contributed by atoms with Gasteiger partial charge in [0.25, 0.3) is 0 Å². The number of hydrogen-bond donors (Lipinski definition) is 0. The highest BCUT2D eigenvalue weighted by Crippen LogP contribution is 2.30. The highest BCUT2D eigenvalue weighted by molar-refractivity contribution is 5.68. The standard InChI is InChI=1S/C22H23F5O10/c1-8(28)33-7-13-19(34-9(2)29)20(35-10(3)30)21(36-11(4)31)22(37-13)32-6-5-12-14(23)16(25)18(27)17(26)15(12)24/h13,19-22H,5-7H2,1-4H3/t13-,19+,20+,21-,22-/m1/s1. The Balaban J connectivity index is 2.37. The van der Waals surface area contributed by atoms with Gasteiger partial charge in [0, 0.05) is 39.7 Å². The van der Waals surface area contributed by atoms with Gasteiger partial charge in [-0.05, 0) is 0 Å². The van der Waals surface area contributed by atoms with Gasteiger partial charge >= 0.3 is 23.9 Å². The molecule has 1 aromatic carbocycles. The molecule has 0 radical (unpaired) electrons. The molecule has 0 spiro atoms. The van der Waals surface area contributed by atoms with Gasteiger partial charge in [0.1, 0.15) is 12.7 Å². The van der Waals surface area contributed by atoms with E-state index in [-0.39, 0.29) is 0 Å². The number of rotatable bonds is 9. The molecule has 1 aliphatic heterocycles. The lowest BCUT2D eigenvalue weighted by molar-refractivity contribution is -0.307. The fraction of sp³-hybridized carbons (Fsp3) is 0.545. The molecule has 15 heteroatoms. The van der Waals surface area contributed by atoms with Crippen molar-refractivity contribution in [3.05, 3.63) is 34.6 Å². The zero-order valence-electron chi connectivity index (χ0n) is 20.0. The van der Waals surface area contributed by atoms with Crippen molar-refractivity contribution in [2.75, 3.05) is 13.2 Å². The summed E-state index contributed by atoms with van der Waals surface area (Å²) in [5, 5.41) is 0. The van der Waals surface area contributed by atoms with Crippen LogP contribution in [0.25, 0.3) is 0 Å². The van der Waals surface area contributed by atoms with E-state index in [0.717, 1.165) is 27.7 Å². The summed E-state index contributed by atoms with van der Waals surface area (Å²) in [7, 11) is 0. The second kappa shape index (κ2) is 12.8. The molecule has 10 nitrogen and oxygen atoms in total. The molecule has 1 aromatic rings. The Morgan fingerprint density at radius 1 is 0.676 bits per heavy atom. The highest BCUT2D eigenvalue weighted by atomic mass is 19.2. The van der Waals surface area contributed by atoms with Gasteiger partial charge in [-0.2, -0.15) is 0 Å². The zero-order chi connectivity index (χ0) is 28.0. The first-order valence-corrected chi connectivity index (χ1v) is 10.7. The second-order valence-corrected chi connectivity index (χ2v) is 7.74. The lowest BCUT2D eigenvalue weighted by atomic mass is 9.98. The molecule has 206 valence electrons. The molecule has 0 amide bonds. The summed E-state index contributed by atoms with van der Waals surface area (Å²) in [5.74, 6) is -14.2. The number of carbonyl (C=O) groups is 4. The van der Waals surface area contributed by atoms with Crippen LogP contribution in [0.5, 0.6) is 0 Å². The largest absolute Gasteiger partial charge is 0.463 e. The van der Waals surface area contributed by atoms with E-state index in [9.17, 15) is 41.1 Å². The summed E-state index contributed by atoms with van der Waals surface area (Å²) in [6.45, 7) is 2.74. The smallest absolute Gasteiger partial charge is 0.303 e. The van der Waals surface area contributed by atoms with Gasteiger partial charge in [-0.25, -0.2) is 22.0 Å². The number of halogens is 5. The first-order valence-electron chi connectivity index (χ1n) is 10.7. The fourth-order valence-electron chi connectivity index (χ4n) is 3.47. The average Bonchev–Trinajstić information content (AvgIpc) is 2.80. The van der Waals surface area contributed by atoms with Crippen molar-refractivity contribution in [2.24, 2.45) is 0 Å². The van der Waals surface area contributed by atoms with Gasteiger partial charge in [-0.15, -0.1) is 0 Å². The molecule has 0 saturated carbocycles. The number of benzene rings is 1. The summed E-state index contributed by atoms with van der Waals surface area (Å²) in [4.78, 5) is 46.5. The summed E-state index contributed by atoms with van der Waals surface area (Å²) < 4.78 is 99.6. The van der Waals surface area contributed by atoms with Crippen LogP contribution < -0.4 is 0 Å². The lowest BCUT2D eigenvalue weighted by Gasteiger charge is -2.44. The van der Waals surface area contributed by atoms with Gasteiger partial charge in [0.15, 0.2) is 47.9 Å². The summed E-state index contributed by atoms with van der Waals surface area (Å²) in [6.07, 6.45) is -8.57. The van der Waals surface area contributed by atoms with Crippen LogP contribution in [0, 0.1) is 29.1 Å². The lowest BCUT2D eigenvalue weighted by Crippen LogP contribution is -2.63. The number of ether oxygens (including phenoxy) is 6. The van der Waals surface area contributed by atoms with Gasteiger partial charge in [-0.1, -0.05) is 0 Å². The summed E-state index contributed by atoms with van der Waals surface area (Å²) in [5.41, 5.74) is -1.18. The Hall–Kier alpha value is -3.33. The Labute approximate surface area is 206 Å². The van der Waals surface area contributed by atoms with E-state index in [0.29, 0.717) is 0 Å². The van der Waals surface area contributed by atoms with Crippen LogP contribution in [0.4, 0.5) is 22.0 Å². The van der Waals surface area contributed by atoms with Crippen molar-refractivity contribution in [1.29, 1.82) is 0 Å². The van der Waals surface area contributed by atoms with Gasteiger partial charge < -0.3 is 28.4 Å². The summed E-state index contributed by atoms with van der Waals surface area (Å²) in [6, 6.07) is 0. The molecular weight excluding hydrogens is 519 g/mol. The molecule has 5 atom stereocenters. The molecule has 1 saturated heterocycles. The molecule has 37 heavy (non-hydrogen) atoms. The molecule has 2 rings (SSSR count). The summed E-state index contributed by atoms with van der Waals surface area (Å²) >= 11 is 0. The Morgan fingerprint density at radius 3 is 1.62 bits per heavy atom. The predicted octanol–water partition coefficient (Wildman–Crippen LogP) is 2.02. The van der Waals surface area contributed by atoms with Crippen molar-refractivity contribution in [3.63, 3.8) is 0 Å². The maximum atomic E-state index is 14.0. The minimum Gasteiger partial charge on any atom is -0.463 e. The van der Waals surface area contributed by atoms with Gasteiger partial charge in [0.2, 0.25) is 5.82 Å². The first kappa shape index (κ1) is 29.9. The maximum absolute atomic E-state index is 14.0. The second-order valence-electron chi connectivity index (χ2n) is 7.74. The Kier molecular flexibility index (Phi) is 10.3. The SMILES string of the molecule is CC(=O)OC[C@H]1O[C@@H](OCCc2c(F)c(F)c(F)c(F)c2F)[C@H](OC(C)=O)[C@@H](OC(C)=O)[C@H]1OC(C)=O. The molecular formula is C22H23F5O10. The van der Waals surface area contributed by atoms with Crippen LogP contribution in [0.2, 0.25) is 0 Å². The number of carbonyl (C=O) groups excluding carboxylic acids is 4. The third-order valence-electron chi connectivity index (χ3n) is 4.88. The van der Waals surface area contributed by atoms with E-state index in [1.54, 1.807) is 0 Å². The van der Waals surface area contributed by atoms with E-state index in [1.807, 2.05) is 0 Å². The minimum atomic E-state index is -2.33. The van der Waals surface area contributed by atoms with Crippen molar-refractivity contribution in [1.82, 2.24) is 0 Å².